The number of fused-ring (bicyclic) bond motifs is 1. The fraction of sp³-hybridized carbons (Fsp3) is 0.190. The maximum Gasteiger partial charge on any atom is 0.337 e. The molecule has 0 aliphatic carbocycles. The third kappa shape index (κ3) is 4.19. The first kappa shape index (κ1) is 19.9. The number of benzene rings is 2. The minimum absolute atomic E-state index is 0.274. The summed E-state index contributed by atoms with van der Waals surface area (Å²) < 4.78 is 7.36. The zero-order valence-corrected chi connectivity index (χ0v) is 17.1. The van der Waals surface area contributed by atoms with Gasteiger partial charge in [0.15, 0.2) is 4.80 Å². The van der Waals surface area contributed by atoms with Crippen LogP contribution < -0.4 is 4.80 Å². The van der Waals surface area contributed by atoms with Crippen LogP contribution in [0.1, 0.15) is 27.6 Å². The SMILES string of the molecule is C#CCn1c(=NC(=O)c2ccc(SCC)cc2)sc2cc(C(=O)OC)ccc21. The summed E-state index contributed by atoms with van der Waals surface area (Å²) in [7, 11) is 1.34. The lowest BCUT2D eigenvalue weighted by molar-refractivity contribution is 0.0601. The third-order valence-electron chi connectivity index (χ3n) is 3.96. The Morgan fingerprint density at radius 3 is 2.57 bits per heavy atom. The van der Waals surface area contributed by atoms with Crippen molar-refractivity contribution in [2.75, 3.05) is 12.9 Å². The van der Waals surface area contributed by atoms with Crippen LogP contribution in [0.5, 0.6) is 0 Å². The number of thioether (sulfide) groups is 1. The average molecular weight is 411 g/mol. The summed E-state index contributed by atoms with van der Waals surface area (Å²) in [5.74, 6) is 2.81. The molecule has 0 atom stereocenters. The van der Waals surface area contributed by atoms with Gasteiger partial charge >= 0.3 is 5.97 Å². The number of hydrogen-bond acceptors (Lipinski definition) is 5. The van der Waals surface area contributed by atoms with Gasteiger partial charge in [0.25, 0.3) is 5.91 Å². The maximum atomic E-state index is 12.6. The summed E-state index contributed by atoms with van der Waals surface area (Å²) in [6.45, 7) is 2.35. The van der Waals surface area contributed by atoms with Crippen LogP contribution in [-0.4, -0.2) is 29.3 Å². The molecular formula is C21H18N2O3S2. The smallest absolute Gasteiger partial charge is 0.337 e. The molecule has 0 fully saturated rings. The van der Waals surface area contributed by atoms with E-state index in [9.17, 15) is 9.59 Å². The minimum Gasteiger partial charge on any atom is -0.465 e. The quantitative estimate of drug-likeness (QED) is 0.363. The van der Waals surface area contributed by atoms with E-state index in [4.69, 9.17) is 11.2 Å². The van der Waals surface area contributed by atoms with Crippen LogP contribution in [-0.2, 0) is 11.3 Å². The lowest BCUT2D eigenvalue weighted by Gasteiger charge is -2.02. The maximum absolute atomic E-state index is 12.6. The Bertz CT molecular complexity index is 1140. The van der Waals surface area contributed by atoms with Crippen molar-refractivity contribution >= 4 is 45.2 Å². The normalized spacial score (nSPS) is 11.4. The van der Waals surface area contributed by atoms with E-state index in [1.165, 1.54) is 18.4 Å². The van der Waals surface area contributed by atoms with Crippen LogP contribution in [0.4, 0.5) is 0 Å². The van der Waals surface area contributed by atoms with E-state index in [0.717, 1.165) is 20.9 Å². The van der Waals surface area contributed by atoms with Crippen molar-refractivity contribution in [1.82, 2.24) is 4.57 Å². The van der Waals surface area contributed by atoms with Crippen LogP contribution in [0.25, 0.3) is 10.2 Å². The first-order valence-corrected chi connectivity index (χ1v) is 10.3. The summed E-state index contributed by atoms with van der Waals surface area (Å²) in [5.41, 5.74) is 1.77. The van der Waals surface area contributed by atoms with Crippen molar-refractivity contribution in [2.24, 2.45) is 4.99 Å². The Labute approximate surface area is 171 Å². The van der Waals surface area contributed by atoms with Gasteiger partial charge in [-0.3, -0.25) is 4.79 Å². The first-order valence-electron chi connectivity index (χ1n) is 8.54. The number of carbonyl (C=O) groups is 2. The summed E-state index contributed by atoms with van der Waals surface area (Å²) >= 11 is 3.02. The third-order valence-corrected chi connectivity index (χ3v) is 5.90. The molecule has 1 aromatic heterocycles. The first-order chi connectivity index (χ1) is 13.6. The molecule has 2 aromatic carbocycles. The van der Waals surface area contributed by atoms with Gasteiger partial charge in [0.2, 0.25) is 0 Å². The van der Waals surface area contributed by atoms with Gasteiger partial charge in [0.05, 0.1) is 29.4 Å². The fourth-order valence-corrected chi connectivity index (χ4v) is 4.39. The van der Waals surface area contributed by atoms with E-state index in [1.54, 1.807) is 46.7 Å². The molecule has 7 heteroatoms. The van der Waals surface area contributed by atoms with Crippen molar-refractivity contribution in [2.45, 2.75) is 18.4 Å². The number of esters is 1. The van der Waals surface area contributed by atoms with Crippen molar-refractivity contribution < 1.29 is 14.3 Å². The van der Waals surface area contributed by atoms with Crippen LogP contribution in [0.2, 0.25) is 0 Å². The van der Waals surface area contributed by atoms with E-state index >= 15 is 0 Å². The van der Waals surface area contributed by atoms with E-state index in [0.29, 0.717) is 15.9 Å². The molecule has 0 N–H and O–H groups in total. The average Bonchev–Trinajstić information content (AvgIpc) is 3.04. The molecule has 0 saturated heterocycles. The van der Waals surface area contributed by atoms with Crippen molar-refractivity contribution in [3.05, 3.63) is 58.4 Å². The number of rotatable bonds is 5. The highest BCUT2D eigenvalue weighted by Crippen LogP contribution is 2.21. The van der Waals surface area contributed by atoms with Gasteiger partial charge in [-0.25, -0.2) is 4.79 Å². The summed E-state index contributed by atoms with van der Waals surface area (Å²) in [6, 6.07) is 12.6. The number of carbonyl (C=O) groups excluding carboxylic acids is 2. The Kier molecular flexibility index (Phi) is 6.34. The fourth-order valence-electron chi connectivity index (χ4n) is 2.66. The van der Waals surface area contributed by atoms with Gasteiger partial charge in [-0.15, -0.1) is 18.2 Å². The molecule has 1 heterocycles. The Morgan fingerprint density at radius 1 is 1.21 bits per heavy atom. The zero-order chi connectivity index (χ0) is 20.1. The van der Waals surface area contributed by atoms with Crippen LogP contribution in [0.3, 0.4) is 0 Å². The Morgan fingerprint density at radius 2 is 1.93 bits per heavy atom. The lowest BCUT2D eigenvalue weighted by Crippen LogP contribution is -2.16. The molecule has 0 saturated carbocycles. The molecule has 0 radical (unpaired) electrons. The van der Waals surface area contributed by atoms with Gasteiger partial charge in [-0.2, -0.15) is 4.99 Å². The Balaban J connectivity index is 2.04. The van der Waals surface area contributed by atoms with Crippen molar-refractivity contribution in [3.8, 4) is 12.3 Å². The number of hydrogen-bond donors (Lipinski definition) is 0. The summed E-state index contributed by atoms with van der Waals surface area (Å²) in [4.78, 5) is 30.3. The predicted molar refractivity (Wildman–Crippen MR) is 113 cm³/mol. The second kappa shape index (κ2) is 8.91. The van der Waals surface area contributed by atoms with Gasteiger partial charge in [-0.05, 0) is 48.2 Å². The molecule has 3 aromatic rings. The van der Waals surface area contributed by atoms with E-state index in [2.05, 4.69) is 17.8 Å². The molecule has 1 amide bonds. The van der Waals surface area contributed by atoms with Gasteiger partial charge in [0.1, 0.15) is 0 Å². The highest BCUT2D eigenvalue weighted by molar-refractivity contribution is 7.99. The molecule has 3 rings (SSSR count). The van der Waals surface area contributed by atoms with E-state index in [1.807, 2.05) is 12.1 Å². The number of nitrogens with zero attached hydrogens (tertiary/aromatic N) is 2. The van der Waals surface area contributed by atoms with Crippen LogP contribution >= 0.6 is 23.1 Å². The lowest BCUT2D eigenvalue weighted by atomic mass is 10.2. The number of methoxy groups -OCH3 is 1. The minimum atomic E-state index is -0.418. The van der Waals surface area contributed by atoms with Crippen molar-refractivity contribution in [3.63, 3.8) is 0 Å². The molecular weight excluding hydrogens is 392 g/mol. The molecule has 0 bridgehead atoms. The molecule has 0 spiro atoms. The van der Waals surface area contributed by atoms with Gasteiger partial charge < -0.3 is 9.30 Å². The summed E-state index contributed by atoms with van der Waals surface area (Å²) in [6.07, 6.45) is 5.50. The van der Waals surface area contributed by atoms with Crippen LogP contribution in [0.15, 0.2) is 52.4 Å². The van der Waals surface area contributed by atoms with Gasteiger partial charge in [0, 0.05) is 10.5 Å². The second-order valence-electron chi connectivity index (χ2n) is 5.72. The molecule has 0 unspecified atom stereocenters. The standard InChI is InChI=1S/C21H18N2O3S2/c1-4-12-23-17-11-8-15(20(25)26-3)13-18(17)28-21(23)22-19(24)14-6-9-16(10-7-14)27-5-2/h1,6-11,13H,5,12H2,2-3H3. The highest BCUT2D eigenvalue weighted by Gasteiger charge is 2.12. The highest BCUT2D eigenvalue weighted by atomic mass is 32.2. The van der Waals surface area contributed by atoms with Crippen LogP contribution in [0, 0.1) is 12.3 Å². The number of ether oxygens (including phenoxy) is 1. The topological polar surface area (TPSA) is 60.7 Å². The second-order valence-corrected chi connectivity index (χ2v) is 8.07. The Hall–Kier alpha value is -2.82. The number of thiazole rings is 1. The largest absolute Gasteiger partial charge is 0.465 e. The molecule has 28 heavy (non-hydrogen) atoms. The zero-order valence-electron chi connectivity index (χ0n) is 15.5. The van der Waals surface area contributed by atoms with E-state index in [-0.39, 0.29) is 12.5 Å². The molecule has 0 aliphatic rings. The molecule has 5 nitrogen and oxygen atoms in total. The predicted octanol–water partition coefficient (Wildman–Crippen LogP) is 3.98. The van der Waals surface area contributed by atoms with E-state index < -0.39 is 5.97 Å². The monoisotopic (exact) mass is 410 g/mol. The number of amides is 1. The van der Waals surface area contributed by atoms with Gasteiger partial charge in [-0.1, -0.05) is 24.2 Å². The summed E-state index contributed by atoms with van der Waals surface area (Å²) in [5, 5.41) is 0. The number of terminal acetylenes is 1. The number of aromatic nitrogens is 1. The van der Waals surface area contributed by atoms with Crippen molar-refractivity contribution in [1.29, 1.82) is 0 Å². The molecule has 0 aliphatic heterocycles. The molecule has 142 valence electrons.